The van der Waals surface area contributed by atoms with E-state index < -0.39 is 0 Å². The fourth-order valence-electron chi connectivity index (χ4n) is 1.96. The summed E-state index contributed by atoms with van der Waals surface area (Å²) in [6.45, 7) is 2.93. The zero-order valence-electron chi connectivity index (χ0n) is 10.5. The number of nitrogens with one attached hydrogen (secondary N) is 1. The van der Waals surface area contributed by atoms with E-state index in [9.17, 15) is 0 Å². The number of nitrogens with zero attached hydrogens (tertiary/aromatic N) is 3. The summed E-state index contributed by atoms with van der Waals surface area (Å²) in [5, 5.41) is 11.6. The van der Waals surface area contributed by atoms with Crippen molar-refractivity contribution in [3.05, 3.63) is 43.0 Å². The molecule has 1 atom stereocenters. The molecule has 0 spiro atoms. The van der Waals surface area contributed by atoms with Gasteiger partial charge in [-0.2, -0.15) is 0 Å². The molecular weight excluding hydrogens is 440 g/mol. The van der Waals surface area contributed by atoms with Gasteiger partial charge < -0.3 is 5.32 Å². The van der Waals surface area contributed by atoms with E-state index in [2.05, 4.69) is 82.5 Å². The van der Waals surface area contributed by atoms with Crippen LogP contribution in [0.5, 0.6) is 0 Å². The predicted octanol–water partition coefficient (Wildman–Crippen LogP) is 3.80. The number of aryl methyl sites for hydroxylation is 1. The molecule has 1 heterocycles. The molecule has 19 heavy (non-hydrogen) atoms. The van der Waals surface area contributed by atoms with Gasteiger partial charge in [-0.25, -0.2) is 4.68 Å². The van der Waals surface area contributed by atoms with E-state index in [1.54, 1.807) is 4.68 Å². The summed E-state index contributed by atoms with van der Waals surface area (Å²) >= 11 is 10.5. The average molecular weight is 453 g/mol. The highest BCUT2D eigenvalue weighted by Gasteiger charge is 2.21. The molecular formula is C12H13Br3N4. The van der Waals surface area contributed by atoms with Gasteiger partial charge in [0.15, 0.2) is 4.60 Å². The highest BCUT2D eigenvalue weighted by atomic mass is 79.9. The summed E-state index contributed by atoms with van der Waals surface area (Å²) in [6.07, 6.45) is 0. The highest BCUT2D eigenvalue weighted by molar-refractivity contribution is 9.11. The number of hydrogen-bond donors (Lipinski definition) is 1. The minimum absolute atomic E-state index is 0.0353. The third kappa shape index (κ3) is 3.45. The summed E-state index contributed by atoms with van der Waals surface area (Å²) in [7, 11) is 1.89. The van der Waals surface area contributed by atoms with Crippen LogP contribution in [0.4, 0.5) is 0 Å². The molecule has 0 saturated carbocycles. The van der Waals surface area contributed by atoms with Crippen molar-refractivity contribution in [2.45, 2.75) is 13.0 Å². The van der Waals surface area contributed by atoms with Crippen molar-refractivity contribution in [3.8, 4) is 0 Å². The maximum absolute atomic E-state index is 4.06. The summed E-state index contributed by atoms with van der Waals surface area (Å²) < 4.78 is 4.61. The predicted molar refractivity (Wildman–Crippen MR) is 86.1 cm³/mol. The molecule has 0 aliphatic rings. The number of halogens is 3. The molecule has 2 aromatic rings. The lowest BCUT2D eigenvalue weighted by Crippen LogP contribution is -2.24. The molecule has 0 aliphatic carbocycles. The van der Waals surface area contributed by atoms with Crippen LogP contribution in [0.15, 0.2) is 31.7 Å². The molecule has 102 valence electrons. The number of rotatable bonds is 4. The van der Waals surface area contributed by atoms with E-state index in [4.69, 9.17) is 0 Å². The summed E-state index contributed by atoms with van der Waals surface area (Å²) in [6, 6.07) is 6.24. The van der Waals surface area contributed by atoms with E-state index in [1.807, 2.05) is 13.1 Å². The molecule has 7 heteroatoms. The monoisotopic (exact) mass is 450 g/mol. The summed E-state index contributed by atoms with van der Waals surface area (Å²) in [5.41, 5.74) is 2.15. The van der Waals surface area contributed by atoms with Gasteiger partial charge in [0.25, 0.3) is 0 Å². The largest absolute Gasteiger partial charge is 0.305 e. The zero-order valence-corrected chi connectivity index (χ0v) is 15.3. The molecule has 0 saturated heterocycles. The molecule has 4 nitrogen and oxygen atoms in total. The second-order valence-electron chi connectivity index (χ2n) is 4.08. The summed E-state index contributed by atoms with van der Waals surface area (Å²) in [5.74, 6) is 0. The van der Waals surface area contributed by atoms with E-state index >= 15 is 0 Å². The van der Waals surface area contributed by atoms with Crippen LogP contribution in [0.2, 0.25) is 0 Å². The smallest absolute Gasteiger partial charge is 0.153 e. The van der Waals surface area contributed by atoms with Crippen molar-refractivity contribution in [2.75, 3.05) is 6.54 Å². The molecule has 1 unspecified atom stereocenters. The fraction of sp³-hybridized carbons (Fsp3) is 0.333. The van der Waals surface area contributed by atoms with Gasteiger partial charge in [0, 0.05) is 16.0 Å². The molecule has 1 N–H and O–H groups in total. The highest BCUT2D eigenvalue weighted by Crippen LogP contribution is 2.30. The Hall–Kier alpha value is -0.240. The van der Waals surface area contributed by atoms with Crippen LogP contribution in [-0.2, 0) is 7.05 Å². The van der Waals surface area contributed by atoms with Crippen LogP contribution in [0.3, 0.4) is 0 Å². The van der Waals surface area contributed by atoms with Crippen LogP contribution in [0.1, 0.15) is 24.2 Å². The first kappa shape index (κ1) is 15.2. The van der Waals surface area contributed by atoms with Crippen LogP contribution < -0.4 is 5.32 Å². The molecule has 0 fully saturated rings. The Labute approximate surface area is 137 Å². The van der Waals surface area contributed by atoms with Crippen molar-refractivity contribution in [2.24, 2.45) is 7.05 Å². The first-order chi connectivity index (χ1) is 9.02. The molecule has 1 aromatic carbocycles. The van der Waals surface area contributed by atoms with Crippen LogP contribution in [-0.4, -0.2) is 21.5 Å². The lowest BCUT2D eigenvalue weighted by molar-refractivity contribution is 0.567. The second-order valence-corrected chi connectivity index (χ2v) is 6.67. The van der Waals surface area contributed by atoms with Gasteiger partial charge >= 0.3 is 0 Å². The van der Waals surface area contributed by atoms with Gasteiger partial charge in [-0.05, 0) is 46.2 Å². The minimum Gasteiger partial charge on any atom is -0.305 e. The van der Waals surface area contributed by atoms with Crippen molar-refractivity contribution in [3.63, 3.8) is 0 Å². The van der Waals surface area contributed by atoms with E-state index in [0.29, 0.717) is 0 Å². The topological polar surface area (TPSA) is 42.7 Å². The van der Waals surface area contributed by atoms with Gasteiger partial charge in [0.1, 0.15) is 0 Å². The summed E-state index contributed by atoms with van der Waals surface area (Å²) in [4.78, 5) is 0. The lowest BCUT2D eigenvalue weighted by Gasteiger charge is -2.19. The first-order valence-corrected chi connectivity index (χ1v) is 8.15. The second kappa shape index (κ2) is 6.47. The fourth-order valence-corrected chi connectivity index (χ4v) is 3.85. The molecule has 0 bridgehead atoms. The third-order valence-electron chi connectivity index (χ3n) is 2.73. The number of aromatic nitrogens is 3. The molecule has 0 aliphatic heterocycles. The van der Waals surface area contributed by atoms with Crippen LogP contribution >= 0.6 is 47.8 Å². The normalized spacial score (nSPS) is 12.7. The Balaban J connectivity index is 2.51. The standard InChI is InChI=1S/C12H13Br3N4/c1-3-16-10(11-12(15)17-18-19(11)2)7-4-8(13)6-9(14)5-7/h4-6,10,16H,3H2,1-2H3. The van der Waals surface area contributed by atoms with Gasteiger partial charge in [-0.15, -0.1) is 5.10 Å². The average Bonchev–Trinajstić information content (AvgIpc) is 2.65. The number of benzene rings is 1. The Bertz CT molecular complexity index is 543. The quantitative estimate of drug-likeness (QED) is 0.767. The zero-order chi connectivity index (χ0) is 14.0. The Morgan fingerprint density at radius 2 is 1.84 bits per heavy atom. The van der Waals surface area contributed by atoms with Gasteiger partial charge in [0.05, 0.1) is 11.7 Å². The van der Waals surface area contributed by atoms with Gasteiger partial charge in [-0.3, -0.25) is 0 Å². The van der Waals surface area contributed by atoms with Crippen molar-refractivity contribution in [1.29, 1.82) is 0 Å². The number of hydrogen-bond acceptors (Lipinski definition) is 3. The van der Waals surface area contributed by atoms with Gasteiger partial charge in [0.2, 0.25) is 0 Å². The van der Waals surface area contributed by atoms with Crippen LogP contribution in [0, 0.1) is 0 Å². The molecule has 0 amide bonds. The van der Waals surface area contributed by atoms with E-state index in [-0.39, 0.29) is 6.04 Å². The first-order valence-electron chi connectivity index (χ1n) is 5.77. The third-order valence-corrected chi connectivity index (χ3v) is 4.21. The Morgan fingerprint density at radius 1 is 1.21 bits per heavy atom. The van der Waals surface area contributed by atoms with Crippen molar-refractivity contribution in [1.82, 2.24) is 20.3 Å². The molecule has 0 radical (unpaired) electrons. The van der Waals surface area contributed by atoms with Crippen molar-refractivity contribution < 1.29 is 0 Å². The Morgan fingerprint density at radius 3 is 2.32 bits per heavy atom. The van der Waals surface area contributed by atoms with Crippen molar-refractivity contribution >= 4 is 47.8 Å². The maximum Gasteiger partial charge on any atom is 0.153 e. The molecule has 2 rings (SSSR count). The SMILES string of the molecule is CCNC(c1cc(Br)cc(Br)c1)c1c(Br)nnn1C. The Kier molecular flexibility index (Phi) is 5.16. The minimum atomic E-state index is 0.0353. The van der Waals surface area contributed by atoms with E-state index in [0.717, 1.165) is 31.4 Å². The van der Waals surface area contributed by atoms with Crippen LogP contribution in [0.25, 0.3) is 0 Å². The molecule has 1 aromatic heterocycles. The maximum atomic E-state index is 4.06. The van der Waals surface area contributed by atoms with E-state index in [1.165, 1.54) is 0 Å². The van der Waals surface area contributed by atoms with Gasteiger partial charge in [-0.1, -0.05) is 44.0 Å². The lowest BCUT2D eigenvalue weighted by atomic mass is 10.0.